The molecule has 1 aromatic carbocycles. The summed E-state index contributed by atoms with van der Waals surface area (Å²) in [6.07, 6.45) is 1.50. The number of carbonyl (C=O) groups is 2. The maximum Gasteiger partial charge on any atom is 0.338 e. The Hall–Kier alpha value is -1.86. The minimum atomic E-state index is -1.06. The second kappa shape index (κ2) is 7.24. The fraction of sp³-hybridized carbons (Fsp3) is 0.0714. The Morgan fingerprint density at radius 2 is 2.00 bits per heavy atom. The number of para-hydroxylation sites is 1. The van der Waals surface area contributed by atoms with Gasteiger partial charge in [0.2, 0.25) is 5.91 Å². The summed E-state index contributed by atoms with van der Waals surface area (Å²) in [6.45, 7) is 0. The number of benzene rings is 1. The number of anilines is 1. The summed E-state index contributed by atoms with van der Waals surface area (Å²) in [7, 11) is 0. The van der Waals surface area contributed by atoms with E-state index < -0.39 is 5.97 Å². The normalized spacial score (nSPS) is 10.1. The summed E-state index contributed by atoms with van der Waals surface area (Å²) >= 11 is 4.43. The van der Waals surface area contributed by atoms with Crippen molar-refractivity contribution in [1.82, 2.24) is 4.98 Å². The average Bonchev–Trinajstić information content (AvgIpc) is 2.48. The van der Waals surface area contributed by atoms with E-state index in [-0.39, 0.29) is 17.2 Å². The van der Waals surface area contributed by atoms with Crippen molar-refractivity contribution in [2.45, 2.75) is 5.03 Å². The van der Waals surface area contributed by atoms with Crippen LogP contribution in [0.1, 0.15) is 10.4 Å². The van der Waals surface area contributed by atoms with E-state index in [1.54, 1.807) is 12.1 Å². The molecule has 0 unspecified atom stereocenters. The molecule has 0 aliphatic rings. The van der Waals surface area contributed by atoms with Gasteiger partial charge >= 0.3 is 5.97 Å². The van der Waals surface area contributed by atoms with Crippen molar-refractivity contribution < 1.29 is 14.7 Å². The molecular weight excluding hydrogens is 356 g/mol. The molecule has 1 amide bonds. The predicted molar refractivity (Wildman–Crippen MR) is 84.7 cm³/mol. The minimum Gasteiger partial charge on any atom is -0.478 e. The van der Waals surface area contributed by atoms with Crippen LogP contribution in [0.3, 0.4) is 0 Å². The van der Waals surface area contributed by atoms with Gasteiger partial charge in [0.25, 0.3) is 0 Å². The summed E-state index contributed by atoms with van der Waals surface area (Å²) in [5, 5.41) is 12.1. The van der Waals surface area contributed by atoms with Crippen molar-refractivity contribution >= 4 is 45.3 Å². The Labute approximate surface area is 133 Å². The van der Waals surface area contributed by atoms with E-state index in [2.05, 4.69) is 26.2 Å². The molecular formula is C14H11BrN2O3S. The van der Waals surface area contributed by atoms with Gasteiger partial charge in [-0.25, -0.2) is 9.78 Å². The molecule has 0 radical (unpaired) electrons. The summed E-state index contributed by atoms with van der Waals surface area (Å²) in [4.78, 5) is 26.9. The molecule has 0 spiro atoms. The highest BCUT2D eigenvalue weighted by Gasteiger charge is 2.13. The third-order valence-electron chi connectivity index (χ3n) is 2.49. The van der Waals surface area contributed by atoms with Crippen molar-refractivity contribution in [2.24, 2.45) is 0 Å². The zero-order chi connectivity index (χ0) is 15.2. The predicted octanol–water partition coefficient (Wildman–Crippen LogP) is 3.27. The van der Waals surface area contributed by atoms with Crippen LogP contribution in [0.2, 0.25) is 0 Å². The lowest BCUT2D eigenvalue weighted by molar-refractivity contribution is -0.113. The molecule has 2 rings (SSSR count). The zero-order valence-electron chi connectivity index (χ0n) is 10.7. The Morgan fingerprint density at radius 3 is 2.71 bits per heavy atom. The lowest BCUT2D eigenvalue weighted by Crippen LogP contribution is -2.15. The number of thioether (sulfide) groups is 1. The van der Waals surface area contributed by atoms with Crippen molar-refractivity contribution in [3.05, 3.63) is 52.6 Å². The van der Waals surface area contributed by atoms with Crippen LogP contribution >= 0.6 is 27.7 Å². The molecule has 0 aliphatic carbocycles. The molecule has 7 heteroatoms. The average molecular weight is 367 g/mol. The molecule has 1 heterocycles. The highest BCUT2D eigenvalue weighted by molar-refractivity contribution is 9.10. The highest BCUT2D eigenvalue weighted by atomic mass is 79.9. The summed E-state index contributed by atoms with van der Waals surface area (Å²) in [5.74, 6) is -1.20. The van der Waals surface area contributed by atoms with Gasteiger partial charge in [-0.1, -0.05) is 23.9 Å². The molecule has 21 heavy (non-hydrogen) atoms. The number of hydrogen-bond donors (Lipinski definition) is 2. The van der Waals surface area contributed by atoms with Crippen LogP contribution in [0.25, 0.3) is 0 Å². The quantitative estimate of drug-likeness (QED) is 0.793. The first-order chi connectivity index (χ1) is 10.1. The number of aromatic nitrogens is 1. The molecule has 2 N–H and O–H groups in total. The topological polar surface area (TPSA) is 79.3 Å². The molecule has 0 saturated carbocycles. The summed E-state index contributed by atoms with van der Waals surface area (Å²) < 4.78 is 0.785. The van der Waals surface area contributed by atoms with Gasteiger partial charge in [0.05, 0.1) is 17.0 Å². The van der Waals surface area contributed by atoms with Gasteiger partial charge in [0.1, 0.15) is 5.03 Å². The zero-order valence-corrected chi connectivity index (χ0v) is 13.1. The van der Waals surface area contributed by atoms with Crippen LogP contribution in [-0.4, -0.2) is 27.7 Å². The van der Waals surface area contributed by atoms with E-state index in [4.69, 9.17) is 5.11 Å². The molecule has 2 aromatic rings. The van der Waals surface area contributed by atoms with Crippen LogP contribution < -0.4 is 5.32 Å². The smallest absolute Gasteiger partial charge is 0.338 e. The van der Waals surface area contributed by atoms with Gasteiger partial charge in [0, 0.05) is 10.7 Å². The number of halogens is 1. The van der Waals surface area contributed by atoms with Crippen LogP contribution in [0.4, 0.5) is 5.69 Å². The molecule has 0 bridgehead atoms. The third-order valence-corrected chi connectivity index (χ3v) is 4.19. The SMILES string of the molecule is O=C(CSc1ncccc1C(=O)O)Nc1ccccc1Br. The molecule has 5 nitrogen and oxygen atoms in total. The van der Waals surface area contributed by atoms with Gasteiger partial charge in [-0.15, -0.1) is 0 Å². The fourth-order valence-electron chi connectivity index (χ4n) is 1.55. The van der Waals surface area contributed by atoms with E-state index in [0.717, 1.165) is 16.2 Å². The van der Waals surface area contributed by atoms with Crippen LogP contribution in [-0.2, 0) is 4.79 Å². The first-order valence-corrected chi connectivity index (χ1v) is 7.71. The summed E-state index contributed by atoms with van der Waals surface area (Å²) in [6, 6.07) is 10.3. The number of nitrogens with one attached hydrogen (secondary N) is 1. The van der Waals surface area contributed by atoms with Crippen LogP contribution in [0, 0.1) is 0 Å². The number of aromatic carboxylic acids is 1. The standard InChI is InChI=1S/C14H11BrN2O3S/c15-10-5-1-2-6-11(10)17-12(18)8-21-13-9(14(19)20)4-3-7-16-13/h1-7H,8H2,(H,17,18)(H,19,20). The number of carboxylic acid groups (broad SMARTS) is 1. The first-order valence-electron chi connectivity index (χ1n) is 5.93. The van der Waals surface area contributed by atoms with Crippen molar-refractivity contribution in [1.29, 1.82) is 0 Å². The minimum absolute atomic E-state index is 0.0820. The Balaban J connectivity index is 1.99. The third kappa shape index (κ3) is 4.30. The molecule has 0 atom stereocenters. The largest absolute Gasteiger partial charge is 0.478 e. The van der Waals surface area contributed by atoms with Crippen molar-refractivity contribution in [2.75, 3.05) is 11.1 Å². The van der Waals surface area contributed by atoms with E-state index in [0.29, 0.717) is 10.7 Å². The summed E-state index contributed by atoms with van der Waals surface area (Å²) in [5.41, 5.74) is 0.763. The van der Waals surface area contributed by atoms with Crippen LogP contribution in [0.15, 0.2) is 52.1 Å². The van der Waals surface area contributed by atoms with E-state index in [1.165, 1.54) is 12.3 Å². The maximum absolute atomic E-state index is 11.9. The number of carbonyl (C=O) groups excluding carboxylic acids is 1. The molecule has 0 saturated heterocycles. The van der Waals surface area contributed by atoms with Gasteiger partial charge in [-0.05, 0) is 40.2 Å². The molecule has 108 valence electrons. The fourth-order valence-corrected chi connectivity index (χ4v) is 2.72. The maximum atomic E-state index is 11.9. The van der Waals surface area contributed by atoms with Crippen LogP contribution in [0.5, 0.6) is 0 Å². The van der Waals surface area contributed by atoms with E-state index in [9.17, 15) is 9.59 Å². The number of rotatable bonds is 5. The van der Waals surface area contributed by atoms with Crippen molar-refractivity contribution in [3.8, 4) is 0 Å². The number of carboxylic acids is 1. The number of pyridine rings is 1. The van der Waals surface area contributed by atoms with E-state index in [1.807, 2.05) is 18.2 Å². The first kappa shape index (κ1) is 15.5. The molecule has 1 aromatic heterocycles. The van der Waals surface area contributed by atoms with Gasteiger partial charge < -0.3 is 10.4 Å². The Morgan fingerprint density at radius 1 is 1.24 bits per heavy atom. The lowest BCUT2D eigenvalue weighted by atomic mass is 10.3. The monoisotopic (exact) mass is 366 g/mol. The Bertz CT molecular complexity index is 679. The lowest BCUT2D eigenvalue weighted by Gasteiger charge is -2.07. The number of amides is 1. The Kier molecular flexibility index (Phi) is 5.35. The second-order valence-electron chi connectivity index (χ2n) is 3.98. The molecule has 0 fully saturated rings. The molecule has 0 aliphatic heterocycles. The van der Waals surface area contributed by atoms with Gasteiger partial charge in [-0.3, -0.25) is 4.79 Å². The van der Waals surface area contributed by atoms with Gasteiger partial charge in [-0.2, -0.15) is 0 Å². The second-order valence-corrected chi connectivity index (χ2v) is 5.80. The van der Waals surface area contributed by atoms with E-state index >= 15 is 0 Å². The van der Waals surface area contributed by atoms with Crippen molar-refractivity contribution in [3.63, 3.8) is 0 Å². The highest BCUT2D eigenvalue weighted by Crippen LogP contribution is 2.23. The number of nitrogens with zero attached hydrogens (tertiary/aromatic N) is 1. The number of hydrogen-bond acceptors (Lipinski definition) is 4. The van der Waals surface area contributed by atoms with Gasteiger partial charge in [0.15, 0.2) is 0 Å².